The third kappa shape index (κ3) is 5.28. The first-order valence-corrected chi connectivity index (χ1v) is 11.3. The van der Waals surface area contributed by atoms with E-state index < -0.39 is 11.9 Å². The molecule has 10 nitrogen and oxygen atoms in total. The number of amides is 2. The van der Waals surface area contributed by atoms with Crippen LogP contribution >= 0.6 is 0 Å². The molecule has 4 aromatic rings. The van der Waals surface area contributed by atoms with E-state index >= 15 is 0 Å². The number of nitrogens with zero attached hydrogens (tertiary/aromatic N) is 1. The molecule has 0 saturated carbocycles. The van der Waals surface area contributed by atoms with Gasteiger partial charge in [-0.25, -0.2) is 4.98 Å². The lowest BCUT2D eigenvalue weighted by molar-refractivity contribution is -0.118. The molecule has 0 bridgehead atoms. The number of hydrogen-bond acceptors (Lipinski definition) is 7. The highest BCUT2D eigenvalue weighted by molar-refractivity contribution is 6.13. The highest BCUT2D eigenvalue weighted by atomic mass is 16.5. The largest absolute Gasteiger partial charge is 0.481 e. The van der Waals surface area contributed by atoms with E-state index in [9.17, 15) is 14.4 Å². The summed E-state index contributed by atoms with van der Waals surface area (Å²) >= 11 is 0. The number of aromatic amines is 1. The number of nitrogens with one attached hydrogen (secondary N) is 3. The first kappa shape index (κ1) is 24.7. The number of benzene rings is 2. The molecular weight excluding hydrogens is 462 g/mol. The van der Waals surface area contributed by atoms with Crippen molar-refractivity contribution in [3.8, 4) is 5.88 Å². The van der Waals surface area contributed by atoms with E-state index in [-0.39, 0.29) is 29.7 Å². The van der Waals surface area contributed by atoms with Gasteiger partial charge >= 0.3 is 0 Å². The number of rotatable bonds is 9. The number of carbonyl (C=O) groups excluding carboxylic acids is 2. The summed E-state index contributed by atoms with van der Waals surface area (Å²) in [6.07, 6.45) is 1.50. The van der Waals surface area contributed by atoms with E-state index in [1.807, 2.05) is 13.8 Å². The Morgan fingerprint density at radius 1 is 1.06 bits per heavy atom. The van der Waals surface area contributed by atoms with Crippen molar-refractivity contribution in [3.05, 3.63) is 70.6 Å². The molecule has 0 spiro atoms. The Bertz CT molecular complexity index is 1500. The maximum absolute atomic E-state index is 13.3. The summed E-state index contributed by atoms with van der Waals surface area (Å²) < 4.78 is 10.9. The highest BCUT2D eigenvalue weighted by Gasteiger charge is 2.21. The zero-order valence-electron chi connectivity index (χ0n) is 20.1. The molecule has 4 rings (SSSR count). The maximum atomic E-state index is 13.3. The van der Waals surface area contributed by atoms with Crippen LogP contribution in [0.25, 0.3) is 21.7 Å². The van der Waals surface area contributed by atoms with Crippen LogP contribution in [0.1, 0.15) is 24.2 Å². The van der Waals surface area contributed by atoms with Crippen molar-refractivity contribution in [1.82, 2.24) is 9.97 Å². The number of anilines is 2. The van der Waals surface area contributed by atoms with E-state index in [0.29, 0.717) is 38.9 Å². The van der Waals surface area contributed by atoms with Gasteiger partial charge in [-0.3, -0.25) is 14.4 Å². The summed E-state index contributed by atoms with van der Waals surface area (Å²) in [4.78, 5) is 44.6. The number of para-hydroxylation sites is 1. The van der Waals surface area contributed by atoms with E-state index in [4.69, 9.17) is 15.2 Å². The zero-order chi connectivity index (χ0) is 25.8. The molecule has 10 heteroatoms. The summed E-state index contributed by atoms with van der Waals surface area (Å²) in [5.41, 5.74) is 6.81. The van der Waals surface area contributed by atoms with Crippen molar-refractivity contribution in [2.24, 2.45) is 5.73 Å². The maximum Gasteiger partial charge on any atom is 0.256 e. The van der Waals surface area contributed by atoms with E-state index in [2.05, 4.69) is 20.6 Å². The molecule has 36 heavy (non-hydrogen) atoms. The topological polar surface area (TPSA) is 148 Å². The fourth-order valence-electron chi connectivity index (χ4n) is 3.85. The average molecular weight is 490 g/mol. The molecule has 0 saturated heterocycles. The number of primary amides is 1. The fourth-order valence-corrected chi connectivity index (χ4v) is 3.85. The number of nitrogens with two attached hydrogens (primary N) is 1. The summed E-state index contributed by atoms with van der Waals surface area (Å²) in [6.45, 7) is 3.89. The van der Waals surface area contributed by atoms with Crippen molar-refractivity contribution in [1.29, 1.82) is 0 Å². The number of fused-ring (bicyclic) bond motifs is 3. The van der Waals surface area contributed by atoms with Crippen LogP contribution in [0.3, 0.4) is 0 Å². The zero-order valence-corrected chi connectivity index (χ0v) is 20.1. The summed E-state index contributed by atoms with van der Waals surface area (Å²) in [6, 6.07) is 12.7. The minimum absolute atomic E-state index is 0.0766. The highest BCUT2D eigenvalue weighted by Crippen LogP contribution is 2.26. The molecule has 2 aromatic carbocycles. The van der Waals surface area contributed by atoms with Crippen molar-refractivity contribution in [2.75, 3.05) is 24.4 Å². The number of carbonyl (C=O) groups is 2. The lowest BCUT2D eigenvalue weighted by Gasteiger charge is -2.21. The van der Waals surface area contributed by atoms with Crippen LogP contribution in [0.4, 0.5) is 11.4 Å². The van der Waals surface area contributed by atoms with Gasteiger partial charge in [0.25, 0.3) is 11.5 Å². The SMILES string of the molecule is COc1cc(NC(COC(C)C)C(=O)Nc2ccc3c(=O)[nH]c4c(C(N)=O)cccc4c3c2)ccn1. The molecule has 5 N–H and O–H groups in total. The number of methoxy groups -OCH3 is 1. The number of pyridine rings is 2. The standard InChI is InChI=1S/C26H27N5O5/c1-14(2)36-13-21(29-16-9-10-28-22(12-16)35-3)26(34)30-15-7-8-18-20(11-15)17-5-4-6-19(24(27)32)23(17)31-25(18)33/h4-12,14,21H,13H2,1-3H3,(H2,27,32)(H,28,29)(H,30,34)(H,31,33). The van der Waals surface area contributed by atoms with Gasteiger partial charge in [-0.15, -0.1) is 0 Å². The smallest absolute Gasteiger partial charge is 0.256 e. The summed E-state index contributed by atoms with van der Waals surface area (Å²) in [5, 5.41) is 7.70. The molecule has 186 valence electrons. The quantitative estimate of drug-likeness (QED) is 0.264. The van der Waals surface area contributed by atoms with Gasteiger partial charge in [0, 0.05) is 34.4 Å². The van der Waals surface area contributed by atoms with Crippen LogP contribution in [-0.2, 0) is 9.53 Å². The van der Waals surface area contributed by atoms with Crippen LogP contribution in [-0.4, -0.2) is 47.6 Å². The van der Waals surface area contributed by atoms with Crippen molar-refractivity contribution in [3.63, 3.8) is 0 Å². The van der Waals surface area contributed by atoms with E-state index in [1.54, 1.807) is 54.7 Å². The van der Waals surface area contributed by atoms with Gasteiger partial charge in [-0.1, -0.05) is 12.1 Å². The first-order chi connectivity index (χ1) is 17.3. The number of ether oxygens (including phenoxy) is 2. The van der Waals surface area contributed by atoms with Crippen molar-refractivity contribution in [2.45, 2.75) is 26.0 Å². The van der Waals surface area contributed by atoms with E-state index in [1.165, 1.54) is 7.11 Å². The van der Waals surface area contributed by atoms with Gasteiger partial charge in [0.05, 0.1) is 30.9 Å². The normalized spacial score (nSPS) is 12.0. The van der Waals surface area contributed by atoms with Crippen LogP contribution in [0.15, 0.2) is 59.5 Å². The number of aromatic nitrogens is 2. The molecule has 1 atom stereocenters. The Labute approximate surface area is 206 Å². The molecule has 0 aliphatic heterocycles. The lowest BCUT2D eigenvalue weighted by atomic mass is 10.0. The molecule has 2 amide bonds. The average Bonchev–Trinajstić information content (AvgIpc) is 2.86. The third-order valence-electron chi connectivity index (χ3n) is 5.59. The summed E-state index contributed by atoms with van der Waals surface area (Å²) in [7, 11) is 1.51. The molecule has 0 radical (unpaired) electrons. The number of H-pyrrole nitrogens is 1. The van der Waals surface area contributed by atoms with Crippen LogP contribution < -0.4 is 26.7 Å². The summed E-state index contributed by atoms with van der Waals surface area (Å²) in [5.74, 6) is -0.574. The lowest BCUT2D eigenvalue weighted by Crippen LogP contribution is -2.39. The van der Waals surface area contributed by atoms with Gasteiger partial charge in [-0.2, -0.15) is 0 Å². The van der Waals surface area contributed by atoms with Gasteiger partial charge in [0.2, 0.25) is 11.8 Å². The Kier molecular flexibility index (Phi) is 7.16. The van der Waals surface area contributed by atoms with Crippen molar-refractivity contribution < 1.29 is 19.1 Å². The number of hydrogen-bond donors (Lipinski definition) is 4. The second kappa shape index (κ2) is 10.4. The first-order valence-electron chi connectivity index (χ1n) is 11.3. The van der Waals surface area contributed by atoms with Gasteiger partial charge in [-0.05, 0) is 49.6 Å². The van der Waals surface area contributed by atoms with Gasteiger partial charge < -0.3 is 30.8 Å². The molecule has 0 aliphatic rings. The minimum Gasteiger partial charge on any atom is -0.481 e. The van der Waals surface area contributed by atoms with Crippen LogP contribution in [0.5, 0.6) is 5.88 Å². The fraction of sp³-hybridized carbons (Fsp3) is 0.231. The Hall–Kier alpha value is -4.44. The molecular formula is C26H27N5O5. The minimum atomic E-state index is -0.729. The predicted octanol–water partition coefficient (Wildman–Crippen LogP) is 3.03. The van der Waals surface area contributed by atoms with Crippen molar-refractivity contribution >= 4 is 44.9 Å². The van der Waals surface area contributed by atoms with E-state index in [0.717, 1.165) is 0 Å². The predicted molar refractivity (Wildman–Crippen MR) is 139 cm³/mol. The second-order valence-electron chi connectivity index (χ2n) is 8.46. The Morgan fingerprint density at radius 3 is 2.58 bits per heavy atom. The van der Waals surface area contributed by atoms with Crippen LogP contribution in [0.2, 0.25) is 0 Å². The van der Waals surface area contributed by atoms with Crippen LogP contribution in [0, 0.1) is 0 Å². The molecule has 2 heterocycles. The second-order valence-corrected chi connectivity index (χ2v) is 8.46. The molecule has 2 aromatic heterocycles. The molecule has 0 fully saturated rings. The Morgan fingerprint density at radius 2 is 1.86 bits per heavy atom. The monoisotopic (exact) mass is 489 g/mol. The third-order valence-corrected chi connectivity index (χ3v) is 5.59. The molecule has 0 aliphatic carbocycles. The Balaban J connectivity index is 1.67. The van der Waals surface area contributed by atoms with Gasteiger partial charge in [0.15, 0.2) is 0 Å². The molecule has 1 unspecified atom stereocenters. The van der Waals surface area contributed by atoms with Gasteiger partial charge in [0.1, 0.15) is 6.04 Å².